The lowest BCUT2D eigenvalue weighted by Crippen LogP contribution is -2.34. The maximum absolute atomic E-state index is 12.4. The van der Waals surface area contributed by atoms with Crippen molar-refractivity contribution in [2.45, 2.75) is 13.8 Å². The number of methoxy groups -OCH3 is 1. The Morgan fingerprint density at radius 2 is 1.72 bits per heavy atom. The van der Waals surface area contributed by atoms with E-state index in [9.17, 15) is 4.79 Å². The van der Waals surface area contributed by atoms with E-state index in [0.29, 0.717) is 5.75 Å². The van der Waals surface area contributed by atoms with Gasteiger partial charge in [-0.1, -0.05) is 23.2 Å². The van der Waals surface area contributed by atoms with Crippen LogP contribution in [0.5, 0.6) is 5.75 Å². The third-order valence-corrected chi connectivity index (χ3v) is 5.37. The first-order valence-electron chi connectivity index (χ1n) is 7.15. The Hall–Kier alpha value is -1.09. The van der Waals surface area contributed by atoms with Gasteiger partial charge in [0.05, 0.1) is 17.2 Å². The highest BCUT2D eigenvalue weighted by molar-refractivity contribution is 14.1. The van der Waals surface area contributed by atoms with E-state index in [2.05, 4.69) is 33.2 Å². The van der Waals surface area contributed by atoms with Crippen LogP contribution in [0.15, 0.2) is 24.3 Å². The number of nitrogens with one attached hydrogen (secondary N) is 2. The third kappa shape index (κ3) is 4.97. The fraction of sp³-hybridized carbons (Fsp3) is 0.176. The lowest BCUT2D eigenvalue weighted by Gasteiger charge is -2.14. The molecule has 25 heavy (non-hydrogen) atoms. The predicted octanol–water partition coefficient (Wildman–Crippen LogP) is 5.35. The van der Waals surface area contributed by atoms with E-state index < -0.39 is 5.91 Å². The minimum atomic E-state index is -0.413. The Morgan fingerprint density at radius 3 is 2.28 bits per heavy atom. The average molecular weight is 509 g/mol. The van der Waals surface area contributed by atoms with E-state index in [1.165, 1.54) is 19.2 Å². The quantitative estimate of drug-likeness (QED) is 0.433. The van der Waals surface area contributed by atoms with Crippen LogP contribution in [0.2, 0.25) is 10.0 Å². The minimum absolute atomic E-state index is 0.191. The van der Waals surface area contributed by atoms with Gasteiger partial charge in [-0.25, -0.2) is 0 Å². The molecule has 0 aliphatic carbocycles. The third-order valence-electron chi connectivity index (χ3n) is 3.45. The van der Waals surface area contributed by atoms with Gasteiger partial charge in [-0.3, -0.25) is 10.1 Å². The van der Waals surface area contributed by atoms with Crippen molar-refractivity contribution >= 4 is 74.7 Å². The molecule has 0 aliphatic heterocycles. The fourth-order valence-corrected chi connectivity index (χ4v) is 3.60. The first-order chi connectivity index (χ1) is 11.7. The highest BCUT2D eigenvalue weighted by Crippen LogP contribution is 2.33. The fourth-order valence-electron chi connectivity index (χ4n) is 2.13. The highest BCUT2D eigenvalue weighted by Gasteiger charge is 2.15. The molecule has 4 nitrogen and oxygen atoms in total. The van der Waals surface area contributed by atoms with Gasteiger partial charge in [0.15, 0.2) is 10.9 Å². The number of rotatable bonds is 3. The van der Waals surface area contributed by atoms with Crippen LogP contribution in [0.1, 0.15) is 21.5 Å². The summed E-state index contributed by atoms with van der Waals surface area (Å²) in [6, 6.07) is 6.98. The van der Waals surface area contributed by atoms with Gasteiger partial charge in [0, 0.05) is 14.8 Å². The van der Waals surface area contributed by atoms with Gasteiger partial charge in [0.2, 0.25) is 0 Å². The van der Waals surface area contributed by atoms with E-state index in [1.807, 2.05) is 26.0 Å². The summed E-state index contributed by atoms with van der Waals surface area (Å²) < 4.78 is 6.24. The summed E-state index contributed by atoms with van der Waals surface area (Å²) in [6.07, 6.45) is 0. The van der Waals surface area contributed by atoms with Gasteiger partial charge < -0.3 is 10.1 Å². The van der Waals surface area contributed by atoms with Gasteiger partial charge in [0.1, 0.15) is 0 Å². The highest BCUT2D eigenvalue weighted by atomic mass is 127. The summed E-state index contributed by atoms with van der Waals surface area (Å²) in [5.41, 5.74) is 3.28. The molecule has 2 rings (SSSR count). The smallest absolute Gasteiger partial charge is 0.257 e. The number of halogens is 3. The first-order valence-corrected chi connectivity index (χ1v) is 9.39. The summed E-state index contributed by atoms with van der Waals surface area (Å²) in [5.74, 6) is -0.0885. The molecule has 0 fully saturated rings. The van der Waals surface area contributed by atoms with Crippen LogP contribution in [0.4, 0.5) is 5.69 Å². The number of carbonyl (C=O) groups excluding carboxylic acids is 1. The molecule has 0 radical (unpaired) electrons. The molecule has 2 N–H and O–H groups in total. The van der Waals surface area contributed by atoms with Crippen LogP contribution in [-0.2, 0) is 0 Å². The summed E-state index contributed by atoms with van der Waals surface area (Å²) in [4.78, 5) is 12.4. The molecule has 8 heteroatoms. The molecule has 132 valence electrons. The summed E-state index contributed by atoms with van der Waals surface area (Å²) >= 11 is 19.6. The van der Waals surface area contributed by atoms with Crippen LogP contribution in [0.3, 0.4) is 0 Å². The van der Waals surface area contributed by atoms with Crippen molar-refractivity contribution in [1.29, 1.82) is 0 Å². The molecule has 0 aliphatic rings. The van der Waals surface area contributed by atoms with Gasteiger partial charge in [-0.05, 0) is 84.0 Å². The number of thiocarbonyl (C=S) groups is 1. The molecule has 0 heterocycles. The van der Waals surface area contributed by atoms with Crippen LogP contribution in [0.25, 0.3) is 0 Å². The second kappa shape index (κ2) is 8.53. The number of hydrogen-bond donors (Lipinski definition) is 2. The van der Waals surface area contributed by atoms with Crippen LogP contribution >= 0.6 is 58.0 Å². The minimum Gasteiger partial charge on any atom is -0.494 e. The molecular formula is C17H15Cl2IN2O2S. The van der Waals surface area contributed by atoms with Crippen LogP contribution in [-0.4, -0.2) is 18.1 Å². The number of carbonyl (C=O) groups is 1. The Labute approximate surface area is 175 Å². The zero-order valence-electron chi connectivity index (χ0n) is 13.7. The zero-order chi connectivity index (χ0) is 18.7. The number of ether oxygens (including phenoxy) is 1. The number of benzene rings is 2. The van der Waals surface area contributed by atoms with Crippen molar-refractivity contribution in [3.8, 4) is 5.75 Å². The van der Waals surface area contributed by atoms with Crippen molar-refractivity contribution in [2.24, 2.45) is 0 Å². The average Bonchev–Trinajstić information content (AvgIpc) is 2.52. The molecule has 0 saturated carbocycles. The van der Waals surface area contributed by atoms with E-state index in [1.54, 1.807) is 0 Å². The Kier molecular flexibility index (Phi) is 6.90. The molecular weight excluding hydrogens is 494 g/mol. The lowest BCUT2D eigenvalue weighted by atomic mass is 10.1. The summed E-state index contributed by atoms with van der Waals surface area (Å²) in [5, 5.41) is 6.35. The van der Waals surface area contributed by atoms with E-state index in [0.717, 1.165) is 20.4 Å². The molecule has 0 atom stereocenters. The number of hydrogen-bond acceptors (Lipinski definition) is 3. The van der Waals surface area contributed by atoms with Crippen molar-refractivity contribution in [3.63, 3.8) is 0 Å². The number of anilines is 1. The van der Waals surface area contributed by atoms with Crippen molar-refractivity contribution in [2.75, 3.05) is 12.4 Å². The zero-order valence-corrected chi connectivity index (χ0v) is 18.2. The maximum atomic E-state index is 12.4. The molecule has 0 spiro atoms. The maximum Gasteiger partial charge on any atom is 0.257 e. The van der Waals surface area contributed by atoms with Crippen molar-refractivity contribution in [1.82, 2.24) is 5.32 Å². The molecule has 2 aromatic rings. The Bertz CT molecular complexity index is 836. The van der Waals surface area contributed by atoms with E-state index >= 15 is 0 Å². The second-order valence-corrected chi connectivity index (χ2v) is 7.68. The standard InChI is InChI=1S/C17H15Cl2IN2O2S/c1-8-5-14(9(2)4-13(8)20)21-17(25)22-16(23)10-6-11(18)15(24-3)12(19)7-10/h4-7H,1-3H3,(H2,21,22,23,25). The molecule has 0 unspecified atom stereocenters. The summed E-state index contributed by atoms with van der Waals surface area (Å²) in [7, 11) is 1.46. The van der Waals surface area contributed by atoms with Gasteiger partial charge in [-0.15, -0.1) is 0 Å². The first kappa shape index (κ1) is 20.2. The molecule has 0 bridgehead atoms. The normalized spacial score (nSPS) is 10.3. The Morgan fingerprint density at radius 1 is 1.12 bits per heavy atom. The molecule has 0 saturated heterocycles. The van der Waals surface area contributed by atoms with Gasteiger partial charge in [0.25, 0.3) is 5.91 Å². The van der Waals surface area contributed by atoms with E-state index in [4.69, 9.17) is 40.2 Å². The molecule has 2 aromatic carbocycles. The van der Waals surface area contributed by atoms with Crippen LogP contribution < -0.4 is 15.4 Å². The van der Waals surface area contributed by atoms with Crippen LogP contribution in [0, 0.1) is 17.4 Å². The number of aryl methyl sites for hydroxylation is 2. The predicted molar refractivity (Wildman–Crippen MR) is 115 cm³/mol. The monoisotopic (exact) mass is 508 g/mol. The summed E-state index contributed by atoms with van der Waals surface area (Å²) in [6.45, 7) is 3.98. The van der Waals surface area contributed by atoms with Gasteiger partial charge >= 0.3 is 0 Å². The van der Waals surface area contributed by atoms with Crippen molar-refractivity contribution < 1.29 is 9.53 Å². The molecule has 1 amide bonds. The van der Waals surface area contributed by atoms with E-state index in [-0.39, 0.29) is 20.7 Å². The topological polar surface area (TPSA) is 50.4 Å². The lowest BCUT2D eigenvalue weighted by molar-refractivity contribution is 0.0977. The second-order valence-electron chi connectivity index (χ2n) is 5.30. The van der Waals surface area contributed by atoms with Gasteiger partial charge in [-0.2, -0.15) is 0 Å². The molecule has 0 aromatic heterocycles. The van der Waals surface area contributed by atoms with Crippen molar-refractivity contribution in [3.05, 3.63) is 54.6 Å². The largest absolute Gasteiger partial charge is 0.494 e. The Balaban J connectivity index is 2.13. The number of amides is 1. The SMILES string of the molecule is COc1c(Cl)cc(C(=O)NC(=S)Nc2cc(C)c(I)cc2C)cc1Cl.